The van der Waals surface area contributed by atoms with E-state index in [1.54, 1.807) is 6.07 Å². The van der Waals surface area contributed by atoms with Crippen LogP contribution in [-0.4, -0.2) is 44.7 Å². The number of H-pyrrole nitrogens is 1. The van der Waals surface area contributed by atoms with Crippen molar-refractivity contribution < 1.29 is 14.7 Å². The molecule has 1 fully saturated rings. The Kier molecular flexibility index (Phi) is 3.21. The Labute approximate surface area is 121 Å². The molecule has 108 valence electrons. The third kappa shape index (κ3) is 2.40. The Morgan fingerprint density at radius 1 is 1.33 bits per heavy atom. The van der Waals surface area contributed by atoms with Gasteiger partial charge in [-0.05, 0) is 19.4 Å². The number of aliphatic carboxylic acids is 1. The Morgan fingerprint density at radius 3 is 2.62 bits per heavy atom. The van der Waals surface area contributed by atoms with E-state index in [0.29, 0.717) is 24.4 Å². The number of aromatic amines is 1. The third-order valence-electron chi connectivity index (χ3n) is 3.72. The number of aromatic nitrogens is 2. The summed E-state index contributed by atoms with van der Waals surface area (Å²) in [5.74, 6) is -1.28. The van der Waals surface area contributed by atoms with E-state index in [-0.39, 0.29) is 5.91 Å². The molecule has 1 aromatic heterocycles. The van der Waals surface area contributed by atoms with Crippen molar-refractivity contribution in [3.05, 3.63) is 41.6 Å². The minimum atomic E-state index is -0.965. The maximum absolute atomic E-state index is 12.2. The molecule has 1 aromatic carbocycles. The lowest BCUT2D eigenvalue weighted by atomic mass is 10.0. The molecular weight excluding hydrogens is 270 g/mol. The Bertz CT molecular complexity index is 690. The highest BCUT2D eigenvalue weighted by atomic mass is 16.4. The predicted octanol–water partition coefficient (Wildman–Crippen LogP) is 1.68. The molecule has 0 saturated carbocycles. The number of likely N-dealkylation sites (tertiary alicyclic amines) is 1. The molecular formula is C15H15N3O3. The van der Waals surface area contributed by atoms with Crippen molar-refractivity contribution in [3.8, 4) is 11.3 Å². The van der Waals surface area contributed by atoms with Crippen molar-refractivity contribution in [2.24, 2.45) is 0 Å². The van der Waals surface area contributed by atoms with E-state index in [1.807, 2.05) is 31.2 Å². The highest BCUT2D eigenvalue weighted by Gasteiger charge is 2.38. The van der Waals surface area contributed by atoms with Gasteiger partial charge in [0.05, 0.1) is 5.69 Å². The van der Waals surface area contributed by atoms with E-state index in [2.05, 4.69) is 10.2 Å². The second kappa shape index (κ2) is 5.05. The molecule has 1 aliphatic rings. The minimum Gasteiger partial charge on any atom is -0.480 e. The Hall–Kier alpha value is -2.63. The van der Waals surface area contributed by atoms with Crippen LogP contribution in [0.2, 0.25) is 0 Å². The molecule has 1 saturated heterocycles. The number of hydrogen-bond donors (Lipinski definition) is 2. The smallest absolute Gasteiger partial charge is 0.326 e. The van der Waals surface area contributed by atoms with Gasteiger partial charge in [0.15, 0.2) is 0 Å². The van der Waals surface area contributed by atoms with Gasteiger partial charge in [-0.15, -0.1) is 0 Å². The van der Waals surface area contributed by atoms with Crippen LogP contribution in [0.1, 0.15) is 22.5 Å². The maximum atomic E-state index is 12.2. The van der Waals surface area contributed by atoms with Gasteiger partial charge in [-0.1, -0.05) is 29.8 Å². The second-order valence-electron chi connectivity index (χ2n) is 5.17. The maximum Gasteiger partial charge on any atom is 0.326 e. The average Bonchev–Trinajstić information content (AvgIpc) is 2.87. The molecule has 21 heavy (non-hydrogen) atoms. The van der Waals surface area contributed by atoms with Crippen LogP contribution in [0.5, 0.6) is 0 Å². The summed E-state index contributed by atoms with van der Waals surface area (Å²) in [7, 11) is 0. The van der Waals surface area contributed by atoms with Crippen LogP contribution < -0.4 is 0 Å². The number of benzene rings is 1. The van der Waals surface area contributed by atoms with Gasteiger partial charge in [0.1, 0.15) is 11.7 Å². The van der Waals surface area contributed by atoms with Crippen LogP contribution >= 0.6 is 0 Å². The predicted molar refractivity (Wildman–Crippen MR) is 75.8 cm³/mol. The van der Waals surface area contributed by atoms with Crippen molar-refractivity contribution in [2.75, 3.05) is 6.54 Å². The second-order valence-corrected chi connectivity index (χ2v) is 5.17. The number of nitrogens with zero attached hydrogens (tertiary/aromatic N) is 2. The molecule has 1 amide bonds. The van der Waals surface area contributed by atoms with E-state index in [1.165, 1.54) is 4.90 Å². The van der Waals surface area contributed by atoms with Crippen LogP contribution in [0, 0.1) is 6.92 Å². The van der Waals surface area contributed by atoms with Crippen molar-refractivity contribution in [2.45, 2.75) is 19.4 Å². The van der Waals surface area contributed by atoms with Crippen LogP contribution in [0.3, 0.4) is 0 Å². The number of amides is 1. The normalized spacial score (nSPS) is 17.4. The largest absolute Gasteiger partial charge is 0.480 e. The standard InChI is InChI=1S/C15H15N3O3/c1-9-2-4-10(5-3-9)11-8-12(17-16-11)14(19)18-7-6-13(18)15(20)21/h2-5,8,13H,6-7H2,1H3,(H,16,17)(H,20,21)/t13-/m1/s1. The van der Waals surface area contributed by atoms with Crippen molar-refractivity contribution in [1.82, 2.24) is 15.1 Å². The topological polar surface area (TPSA) is 86.3 Å². The van der Waals surface area contributed by atoms with E-state index < -0.39 is 12.0 Å². The molecule has 1 aliphatic heterocycles. The summed E-state index contributed by atoms with van der Waals surface area (Å²) in [6, 6.07) is 8.75. The van der Waals surface area contributed by atoms with Gasteiger partial charge in [-0.2, -0.15) is 5.10 Å². The summed E-state index contributed by atoms with van der Waals surface area (Å²) in [4.78, 5) is 24.5. The zero-order valence-corrected chi connectivity index (χ0v) is 11.5. The van der Waals surface area contributed by atoms with Gasteiger partial charge in [-0.3, -0.25) is 9.89 Å². The molecule has 0 spiro atoms. The first-order valence-corrected chi connectivity index (χ1v) is 6.72. The lowest BCUT2D eigenvalue weighted by Crippen LogP contribution is -2.55. The summed E-state index contributed by atoms with van der Waals surface area (Å²) in [6.07, 6.45) is 0.500. The van der Waals surface area contributed by atoms with Crippen molar-refractivity contribution in [1.29, 1.82) is 0 Å². The first-order chi connectivity index (χ1) is 10.1. The molecule has 1 atom stereocenters. The van der Waals surface area contributed by atoms with E-state index >= 15 is 0 Å². The highest BCUT2D eigenvalue weighted by molar-refractivity contribution is 5.96. The zero-order valence-electron chi connectivity index (χ0n) is 11.5. The highest BCUT2D eigenvalue weighted by Crippen LogP contribution is 2.23. The number of carboxylic acids is 1. The number of carboxylic acid groups (broad SMARTS) is 1. The molecule has 3 rings (SSSR count). The molecule has 2 aromatic rings. The first-order valence-electron chi connectivity index (χ1n) is 6.72. The molecule has 0 radical (unpaired) electrons. The summed E-state index contributed by atoms with van der Waals surface area (Å²) in [5, 5.41) is 15.8. The van der Waals surface area contributed by atoms with Gasteiger partial charge in [-0.25, -0.2) is 4.79 Å². The fourth-order valence-electron chi connectivity index (χ4n) is 2.35. The minimum absolute atomic E-state index is 0.316. The van der Waals surface area contributed by atoms with E-state index in [9.17, 15) is 9.59 Å². The van der Waals surface area contributed by atoms with Gasteiger partial charge < -0.3 is 10.0 Å². The first kappa shape index (κ1) is 13.4. The number of hydrogen-bond acceptors (Lipinski definition) is 3. The van der Waals surface area contributed by atoms with Gasteiger partial charge >= 0.3 is 5.97 Å². The summed E-state index contributed by atoms with van der Waals surface area (Å²) >= 11 is 0. The fourth-order valence-corrected chi connectivity index (χ4v) is 2.35. The molecule has 0 bridgehead atoms. The van der Waals surface area contributed by atoms with Crippen LogP contribution in [-0.2, 0) is 4.79 Å². The number of aryl methyl sites for hydroxylation is 1. The average molecular weight is 285 g/mol. The van der Waals surface area contributed by atoms with Crippen LogP contribution in [0.15, 0.2) is 30.3 Å². The quantitative estimate of drug-likeness (QED) is 0.898. The molecule has 0 aliphatic carbocycles. The Morgan fingerprint density at radius 2 is 2.05 bits per heavy atom. The Balaban J connectivity index is 1.80. The molecule has 2 heterocycles. The van der Waals surface area contributed by atoms with Gasteiger partial charge in [0.2, 0.25) is 0 Å². The SMILES string of the molecule is Cc1ccc(-c2cc(C(=O)N3CC[C@@H]3C(=O)O)[nH]n2)cc1. The lowest BCUT2D eigenvalue weighted by molar-refractivity contribution is -0.146. The van der Waals surface area contributed by atoms with Crippen molar-refractivity contribution >= 4 is 11.9 Å². The summed E-state index contributed by atoms with van der Waals surface area (Å²) in [6.45, 7) is 2.47. The molecule has 6 nitrogen and oxygen atoms in total. The van der Waals surface area contributed by atoms with E-state index in [0.717, 1.165) is 11.1 Å². The molecule has 0 unspecified atom stereocenters. The zero-order chi connectivity index (χ0) is 15.0. The molecule has 2 N–H and O–H groups in total. The van der Waals surface area contributed by atoms with Crippen molar-refractivity contribution in [3.63, 3.8) is 0 Å². The monoisotopic (exact) mass is 285 g/mol. The number of carbonyl (C=O) groups excluding carboxylic acids is 1. The van der Waals surface area contributed by atoms with Gasteiger partial charge in [0.25, 0.3) is 5.91 Å². The van der Waals surface area contributed by atoms with Crippen LogP contribution in [0.4, 0.5) is 0 Å². The number of nitrogens with one attached hydrogen (secondary N) is 1. The number of rotatable bonds is 3. The lowest BCUT2D eigenvalue weighted by Gasteiger charge is -2.37. The van der Waals surface area contributed by atoms with Crippen LogP contribution in [0.25, 0.3) is 11.3 Å². The third-order valence-corrected chi connectivity index (χ3v) is 3.72. The number of carbonyl (C=O) groups is 2. The van der Waals surface area contributed by atoms with Gasteiger partial charge in [0, 0.05) is 12.1 Å². The molecule has 6 heteroatoms. The fraction of sp³-hybridized carbons (Fsp3) is 0.267. The summed E-state index contributed by atoms with van der Waals surface area (Å²) < 4.78 is 0. The summed E-state index contributed by atoms with van der Waals surface area (Å²) in [5.41, 5.74) is 3.05. The van der Waals surface area contributed by atoms with E-state index in [4.69, 9.17) is 5.11 Å².